The molecule has 0 fully saturated rings. The fourth-order valence-electron chi connectivity index (χ4n) is 2.82. The van der Waals surface area contributed by atoms with Crippen LogP contribution in [0.25, 0.3) is 10.2 Å². The summed E-state index contributed by atoms with van der Waals surface area (Å²) in [6.07, 6.45) is 0.983. The van der Waals surface area contributed by atoms with Crippen molar-refractivity contribution in [2.75, 3.05) is 11.9 Å². The topological polar surface area (TPSA) is 34.2 Å². The molecule has 2 aromatic carbocycles. The van der Waals surface area contributed by atoms with Crippen LogP contribution in [0.1, 0.15) is 23.0 Å². The zero-order valence-electron chi connectivity index (χ0n) is 11.8. The predicted molar refractivity (Wildman–Crippen MR) is 87.3 cm³/mol. The van der Waals surface area contributed by atoms with Crippen LogP contribution in [0.4, 0.5) is 5.69 Å². The molecule has 3 nitrogen and oxygen atoms in total. The maximum Gasteiger partial charge on any atom is 0.124 e. The first-order valence-electron chi connectivity index (χ1n) is 7.15. The Kier molecular flexibility index (Phi) is 3.04. The van der Waals surface area contributed by atoms with E-state index in [0.29, 0.717) is 6.04 Å². The third-order valence-corrected chi connectivity index (χ3v) is 4.73. The van der Waals surface area contributed by atoms with Crippen molar-refractivity contribution in [2.45, 2.75) is 19.4 Å². The number of para-hydroxylation sites is 1. The van der Waals surface area contributed by atoms with Crippen molar-refractivity contribution in [3.05, 3.63) is 53.0 Å². The monoisotopic (exact) mass is 296 g/mol. The Hall–Kier alpha value is -2.07. The minimum atomic E-state index is 0.307. The molecule has 1 N–H and O–H groups in total. The van der Waals surface area contributed by atoms with E-state index in [1.165, 1.54) is 10.3 Å². The third-order valence-electron chi connectivity index (χ3n) is 3.79. The first kappa shape index (κ1) is 12.7. The van der Waals surface area contributed by atoms with Crippen LogP contribution in [0, 0.1) is 6.92 Å². The standard InChI is InChI=1S/C17H16N2OS/c1-11-18-15-7-6-12(10-17(15)21-11)19-14-8-9-20-16-5-3-2-4-13(14)16/h2-7,10,14,19H,8-9H2,1H3. The molecule has 1 aliphatic heterocycles. The third kappa shape index (κ3) is 2.36. The fraction of sp³-hybridized carbons (Fsp3) is 0.235. The van der Waals surface area contributed by atoms with Gasteiger partial charge in [0.1, 0.15) is 5.75 Å². The van der Waals surface area contributed by atoms with Crippen LogP contribution in [0.2, 0.25) is 0 Å². The number of anilines is 1. The van der Waals surface area contributed by atoms with Crippen LogP contribution in [-0.2, 0) is 0 Å². The van der Waals surface area contributed by atoms with E-state index in [1.54, 1.807) is 11.3 Å². The summed E-state index contributed by atoms with van der Waals surface area (Å²) >= 11 is 1.74. The molecular weight excluding hydrogens is 280 g/mol. The number of rotatable bonds is 2. The minimum Gasteiger partial charge on any atom is -0.493 e. The average molecular weight is 296 g/mol. The second-order valence-corrected chi connectivity index (χ2v) is 6.52. The molecule has 21 heavy (non-hydrogen) atoms. The second kappa shape index (κ2) is 5.04. The van der Waals surface area contributed by atoms with Gasteiger partial charge in [0.15, 0.2) is 0 Å². The zero-order valence-corrected chi connectivity index (χ0v) is 12.6. The van der Waals surface area contributed by atoms with Gasteiger partial charge in [0.05, 0.1) is 27.9 Å². The first-order valence-corrected chi connectivity index (χ1v) is 7.97. The van der Waals surface area contributed by atoms with Crippen LogP contribution in [0.3, 0.4) is 0 Å². The fourth-order valence-corrected chi connectivity index (χ4v) is 3.69. The molecule has 1 unspecified atom stereocenters. The van der Waals surface area contributed by atoms with Gasteiger partial charge in [-0.3, -0.25) is 0 Å². The van der Waals surface area contributed by atoms with E-state index in [0.717, 1.165) is 35.0 Å². The summed E-state index contributed by atoms with van der Waals surface area (Å²) < 4.78 is 6.95. The van der Waals surface area contributed by atoms with Gasteiger partial charge in [-0.25, -0.2) is 4.98 Å². The maximum atomic E-state index is 5.72. The zero-order chi connectivity index (χ0) is 14.2. The van der Waals surface area contributed by atoms with Crippen LogP contribution < -0.4 is 10.1 Å². The maximum absolute atomic E-state index is 5.72. The Balaban J connectivity index is 1.65. The number of hydrogen-bond donors (Lipinski definition) is 1. The predicted octanol–water partition coefficient (Wildman–Crippen LogP) is 4.54. The molecule has 1 aromatic heterocycles. The lowest BCUT2D eigenvalue weighted by Gasteiger charge is -2.27. The van der Waals surface area contributed by atoms with E-state index >= 15 is 0 Å². The smallest absolute Gasteiger partial charge is 0.124 e. The van der Waals surface area contributed by atoms with E-state index in [-0.39, 0.29) is 0 Å². The van der Waals surface area contributed by atoms with E-state index in [4.69, 9.17) is 4.74 Å². The lowest BCUT2D eigenvalue weighted by atomic mass is 10.0. The highest BCUT2D eigenvalue weighted by Gasteiger charge is 2.20. The summed E-state index contributed by atoms with van der Waals surface area (Å²) in [4.78, 5) is 4.51. The Morgan fingerprint density at radius 2 is 2.14 bits per heavy atom. The summed E-state index contributed by atoms with van der Waals surface area (Å²) in [6, 6.07) is 15.0. The lowest BCUT2D eigenvalue weighted by molar-refractivity contribution is 0.274. The van der Waals surface area contributed by atoms with Crippen molar-refractivity contribution in [3.8, 4) is 5.75 Å². The SMILES string of the molecule is Cc1nc2ccc(NC3CCOc4ccccc43)cc2s1. The van der Waals surface area contributed by atoms with Gasteiger partial charge in [0.25, 0.3) is 0 Å². The quantitative estimate of drug-likeness (QED) is 0.754. The molecule has 106 valence electrons. The molecule has 2 heterocycles. The van der Waals surface area contributed by atoms with Gasteiger partial charge in [-0.05, 0) is 31.2 Å². The van der Waals surface area contributed by atoms with E-state index < -0.39 is 0 Å². The molecule has 4 rings (SSSR count). The van der Waals surface area contributed by atoms with Gasteiger partial charge < -0.3 is 10.1 Å². The minimum absolute atomic E-state index is 0.307. The molecule has 0 saturated heterocycles. The Bertz CT molecular complexity index is 796. The van der Waals surface area contributed by atoms with E-state index in [1.807, 2.05) is 19.1 Å². The van der Waals surface area contributed by atoms with E-state index in [2.05, 4.69) is 40.6 Å². The summed E-state index contributed by atoms with van der Waals surface area (Å²) in [5.41, 5.74) is 3.47. The van der Waals surface area contributed by atoms with Crippen molar-refractivity contribution in [1.82, 2.24) is 4.98 Å². The summed E-state index contributed by atoms with van der Waals surface area (Å²) in [5.74, 6) is 0.996. The molecule has 0 saturated carbocycles. The molecule has 0 radical (unpaired) electrons. The molecule has 1 aliphatic rings. The molecule has 1 atom stereocenters. The highest BCUT2D eigenvalue weighted by Crippen LogP contribution is 2.35. The Labute approximate surface area is 127 Å². The van der Waals surface area contributed by atoms with Gasteiger partial charge in [-0.2, -0.15) is 0 Å². The number of nitrogens with one attached hydrogen (secondary N) is 1. The summed E-state index contributed by atoms with van der Waals surface area (Å²) in [7, 11) is 0. The van der Waals surface area contributed by atoms with Crippen LogP contribution in [0.5, 0.6) is 5.75 Å². The summed E-state index contributed by atoms with van der Waals surface area (Å²) in [5, 5.41) is 4.75. The molecule has 4 heteroatoms. The van der Waals surface area contributed by atoms with Crippen molar-refractivity contribution >= 4 is 27.2 Å². The van der Waals surface area contributed by atoms with Gasteiger partial charge >= 0.3 is 0 Å². The van der Waals surface area contributed by atoms with Crippen LogP contribution in [0.15, 0.2) is 42.5 Å². The number of nitrogens with zero attached hydrogens (tertiary/aromatic N) is 1. The average Bonchev–Trinajstić information content (AvgIpc) is 2.87. The highest BCUT2D eigenvalue weighted by molar-refractivity contribution is 7.18. The summed E-state index contributed by atoms with van der Waals surface area (Å²) in [6.45, 7) is 2.81. The first-order chi connectivity index (χ1) is 10.3. The van der Waals surface area contributed by atoms with Crippen molar-refractivity contribution in [3.63, 3.8) is 0 Å². The van der Waals surface area contributed by atoms with E-state index in [9.17, 15) is 0 Å². The number of benzene rings is 2. The number of aromatic nitrogens is 1. The number of thiazole rings is 1. The number of hydrogen-bond acceptors (Lipinski definition) is 4. The number of fused-ring (bicyclic) bond motifs is 2. The normalized spacial score (nSPS) is 17.3. The van der Waals surface area contributed by atoms with Crippen LogP contribution >= 0.6 is 11.3 Å². The second-order valence-electron chi connectivity index (χ2n) is 5.29. The molecular formula is C17H16N2OS. The van der Waals surface area contributed by atoms with Crippen molar-refractivity contribution in [2.24, 2.45) is 0 Å². The van der Waals surface area contributed by atoms with Crippen molar-refractivity contribution in [1.29, 1.82) is 0 Å². The molecule has 0 bridgehead atoms. The molecule has 0 amide bonds. The number of ether oxygens (including phenoxy) is 1. The highest BCUT2D eigenvalue weighted by atomic mass is 32.1. The Morgan fingerprint density at radius 3 is 3.10 bits per heavy atom. The van der Waals surface area contributed by atoms with Gasteiger partial charge in [-0.1, -0.05) is 18.2 Å². The number of aryl methyl sites for hydroxylation is 1. The van der Waals surface area contributed by atoms with Crippen LogP contribution in [-0.4, -0.2) is 11.6 Å². The molecule has 0 aliphatic carbocycles. The molecule has 3 aromatic rings. The van der Waals surface area contributed by atoms with Gasteiger partial charge in [0.2, 0.25) is 0 Å². The lowest BCUT2D eigenvalue weighted by Crippen LogP contribution is -2.20. The Morgan fingerprint density at radius 1 is 1.24 bits per heavy atom. The van der Waals surface area contributed by atoms with Gasteiger partial charge in [0, 0.05) is 17.7 Å². The molecule has 0 spiro atoms. The largest absolute Gasteiger partial charge is 0.493 e. The van der Waals surface area contributed by atoms with Gasteiger partial charge in [-0.15, -0.1) is 11.3 Å². The van der Waals surface area contributed by atoms with Crippen molar-refractivity contribution < 1.29 is 4.74 Å².